The van der Waals surface area contributed by atoms with Gasteiger partial charge in [0.25, 0.3) is 5.24 Å². The number of hydrogen-bond acceptors (Lipinski definition) is 2. The maximum Gasteiger partial charge on any atom is 0.416 e. The van der Waals surface area contributed by atoms with Gasteiger partial charge in [0, 0.05) is 23.2 Å². The summed E-state index contributed by atoms with van der Waals surface area (Å²) in [5.41, 5.74) is 1.13. The van der Waals surface area contributed by atoms with E-state index in [2.05, 4.69) is 4.98 Å². The smallest absolute Gasteiger partial charge is 0.315 e. The number of fused-ring (bicyclic) bond motifs is 2. The Bertz CT molecular complexity index is 1160. The van der Waals surface area contributed by atoms with Gasteiger partial charge in [-0.25, -0.2) is 0 Å². The quantitative estimate of drug-likeness (QED) is 0.429. The Balaban J connectivity index is 2.01. The number of para-hydroxylation sites is 1. The molecule has 7 heteroatoms. The van der Waals surface area contributed by atoms with E-state index in [-0.39, 0.29) is 5.52 Å². The van der Waals surface area contributed by atoms with Crippen molar-refractivity contribution < 1.29 is 18.0 Å². The molecular formula is C19H10ClF3N2O. The second-order valence-corrected chi connectivity index (χ2v) is 6.11. The Hall–Kier alpha value is -2.86. The first-order valence-electron chi connectivity index (χ1n) is 7.62. The third-order valence-corrected chi connectivity index (χ3v) is 4.43. The van der Waals surface area contributed by atoms with Crippen LogP contribution in [0.3, 0.4) is 0 Å². The maximum atomic E-state index is 13.0. The first kappa shape index (κ1) is 16.6. The first-order chi connectivity index (χ1) is 12.4. The van der Waals surface area contributed by atoms with Gasteiger partial charge in [-0.05, 0) is 35.9 Å². The molecule has 0 saturated heterocycles. The lowest BCUT2D eigenvalue weighted by molar-refractivity contribution is -0.137. The Morgan fingerprint density at radius 3 is 2.54 bits per heavy atom. The highest BCUT2D eigenvalue weighted by atomic mass is 35.5. The lowest BCUT2D eigenvalue weighted by Crippen LogP contribution is -2.05. The molecule has 2 aromatic carbocycles. The number of carbonyl (C=O) groups excluding carboxylic acids is 1. The summed E-state index contributed by atoms with van der Waals surface area (Å²) in [6.45, 7) is 0. The van der Waals surface area contributed by atoms with Gasteiger partial charge in [0.1, 0.15) is 0 Å². The standard InChI is InChI=1S/C19H10ClF3N2O/c20-18(26)14-10-25(16-4-2-1-3-12(14)16)17-7-8-24-15-9-11(19(21,22)23)5-6-13(15)17/h1-10H. The number of hydrogen-bond donors (Lipinski definition) is 0. The van der Waals surface area contributed by atoms with Crippen LogP contribution in [-0.4, -0.2) is 14.8 Å². The van der Waals surface area contributed by atoms with Crippen molar-refractivity contribution in [3.8, 4) is 5.69 Å². The molecule has 0 bridgehead atoms. The molecule has 26 heavy (non-hydrogen) atoms. The summed E-state index contributed by atoms with van der Waals surface area (Å²) in [5, 5.41) is 0.608. The number of nitrogens with zero attached hydrogens (tertiary/aromatic N) is 2. The SMILES string of the molecule is O=C(Cl)c1cn(-c2ccnc3cc(C(F)(F)F)ccc23)c2ccccc12. The van der Waals surface area contributed by atoms with E-state index in [0.29, 0.717) is 22.0 Å². The lowest BCUT2D eigenvalue weighted by atomic mass is 10.1. The third kappa shape index (κ3) is 2.63. The maximum absolute atomic E-state index is 13.0. The highest BCUT2D eigenvalue weighted by Gasteiger charge is 2.30. The van der Waals surface area contributed by atoms with Crippen molar-refractivity contribution in [3.63, 3.8) is 0 Å². The molecule has 0 atom stereocenters. The molecule has 0 amide bonds. The molecule has 4 rings (SSSR count). The van der Waals surface area contributed by atoms with Gasteiger partial charge in [0.2, 0.25) is 0 Å². The number of pyridine rings is 1. The van der Waals surface area contributed by atoms with Crippen LogP contribution in [0.5, 0.6) is 0 Å². The monoisotopic (exact) mass is 374 g/mol. The molecule has 0 unspecified atom stereocenters. The summed E-state index contributed by atoms with van der Waals surface area (Å²) in [6.07, 6.45) is -1.41. The van der Waals surface area contributed by atoms with Gasteiger partial charge in [0.05, 0.1) is 27.8 Å². The second-order valence-electron chi connectivity index (χ2n) is 5.76. The van der Waals surface area contributed by atoms with Crippen molar-refractivity contribution in [2.24, 2.45) is 0 Å². The van der Waals surface area contributed by atoms with E-state index in [1.165, 1.54) is 12.3 Å². The minimum absolute atomic E-state index is 0.217. The van der Waals surface area contributed by atoms with Gasteiger partial charge >= 0.3 is 6.18 Å². The van der Waals surface area contributed by atoms with Crippen molar-refractivity contribution in [2.75, 3.05) is 0 Å². The zero-order valence-electron chi connectivity index (χ0n) is 13.1. The molecule has 0 aliphatic carbocycles. The zero-order valence-corrected chi connectivity index (χ0v) is 13.8. The van der Waals surface area contributed by atoms with Crippen LogP contribution in [0.15, 0.2) is 60.9 Å². The summed E-state index contributed by atoms with van der Waals surface area (Å²) < 4.78 is 40.6. The number of rotatable bonds is 2. The average molecular weight is 375 g/mol. The van der Waals surface area contributed by atoms with Gasteiger partial charge in [-0.15, -0.1) is 0 Å². The van der Waals surface area contributed by atoms with Crippen molar-refractivity contribution >= 4 is 38.6 Å². The fourth-order valence-corrected chi connectivity index (χ4v) is 3.21. The van der Waals surface area contributed by atoms with Crippen LogP contribution in [0.4, 0.5) is 13.2 Å². The van der Waals surface area contributed by atoms with Crippen LogP contribution in [0.2, 0.25) is 0 Å². The predicted octanol–water partition coefficient (Wildman–Crippen LogP) is 5.58. The van der Waals surface area contributed by atoms with Crippen LogP contribution >= 0.6 is 11.6 Å². The summed E-state index contributed by atoms with van der Waals surface area (Å²) in [6, 6.07) is 12.3. The summed E-state index contributed by atoms with van der Waals surface area (Å²) in [4.78, 5) is 15.8. The molecular weight excluding hydrogens is 365 g/mol. The molecule has 130 valence electrons. The summed E-state index contributed by atoms with van der Waals surface area (Å²) >= 11 is 5.68. The second kappa shape index (κ2) is 5.85. The Kier molecular flexibility index (Phi) is 3.73. The van der Waals surface area contributed by atoms with Gasteiger partial charge < -0.3 is 4.57 Å². The average Bonchev–Trinajstić information content (AvgIpc) is 3.00. The van der Waals surface area contributed by atoms with Gasteiger partial charge in [-0.3, -0.25) is 9.78 Å². The molecule has 2 aromatic heterocycles. The molecule has 0 fully saturated rings. The van der Waals surface area contributed by atoms with Crippen LogP contribution < -0.4 is 0 Å². The number of carbonyl (C=O) groups is 1. The van der Waals surface area contributed by atoms with E-state index in [0.717, 1.165) is 17.6 Å². The number of alkyl halides is 3. The Morgan fingerprint density at radius 2 is 1.81 bits per heavy atom. The fraction of sp³-hybridized carbons (Fsp3) is 0.0526. The van der Waals surface area contributed by atoms with Crippen molar-refractivity contribution in [1.82, 2.24) is 9.55 Å². The van der Waals surface area contributed by atoms with E-state index in [1.54, 1.807) is 29.0 Å². The summed E-state index contributed by atoms with van der Waals surface area (Å²) in [7, 11) is 0. The molecule has 4 aromatic rings. The Morgan fingerprint density at radius 1 is 1.04 bits per heavy atom. The summed E-state index contributed by atoms with van der Waals surface area (Å²) in [5.74, 6) is 0. The van der Waals surface area contributed by atoms with Crippen LogP contribution in [0.25, 0.3) is 27.5 Å². The fourth-order valence-electron chi connectivity index (χ4n) is 3.05. The molecule has 0 N–H and O–H groups in total. The van der Waals surface area contributed by atoms with E-state index in [1.807, 2.05) is 12.1 Å². The van der Waals surface area contributed by atoms with Crippen molar-refractivity contribution in [3.05, 3.63) is 72.1 Å². The number of benzene rings is 2. The molecule has 0 aliphatic heterocycles. The highest BCUT2D eigenvalue weighted by molar-refractivity contribution is 6.68. The third-order valence-electron chi connectivity index (χ3n) is 4.23. The first-order valence-corrected chi connectivity index (χ1v) is 8.00. The predicted molar refractivity (Wildman–Crippen MR) is 93.8 cm³/mol. The minimum Gasteiger partial charge on any atom is -0.315 e. The normalized spacial score (nSPS) is 12.0. The largest absolute Gasteiger partial charge is 0.416 e. The van der Waals surface area contributed by atoms with Crippen LogP contribution in [0.1, 0.15) is 15.9 Å². The van der Waals surface area contributed by atoms with Crippen LogP contribution in [-0.2, 0) is 6.18 Å². The molecule has 0 spiro atoms. The zero-order chi connectivity index (χ0) is 18.5. The van der Waals surface area contributed by atoms with Gasteiger partial charge in [-0.2, -0.15) is 13.2 Å². The molecule has 2 heterocycles. The lowest BCUT2D eigenvalue weighted by Gasteiger charge is -2.11. The number of aromatic nitrogens is 2. The molecule has 0 radical (unpaired) electrons. The van der Waals surface area contributed by atoms with Crippen molar-refractivity contribution in [2.45, 2.75) is 6.18 Å². The molecule has 0 aliphatic rings. The van der Waals surface area contributed by atoms with E-state index < -0.39 is 17.0 Å². The van der Waals surface area contributed by atoms with E-state index in [4.69, 9.17) is 11.6 Å². The van der Waals surface area contributed by atoms with E-state index >= 15 is 0 Å². The van der Waals surface area contributed by atoms with Gasteiger partial charge in [-0.1, -0.05) is 24.3 Å². The highest BCUT2D eigenvalue weighted by Crippen LogP contribution is 2.33. The topological polar surface area (TPSA) is 34.9 Å². The van der Waals surface area contributed by atoms with Gasteiger partial charge in [0.15, 0.2) is 0 Å². The Labute approximate surface area is 150 Å². The van der Waals surface area contributed by atoms with Crippen molar-refractivity contribution in [1.29, 1.82) is 0 Å². The van der Waals surface area contributed by atoms with Crippen LogP contribution in [0, 0.1) is 0 Å². The van der Waals surface area contributed by atoms with E-state index in [9.17, 15) is 18.0 Å². The molecule has 0 saturated carbocycles. The molecule has 3 nitrogen and oxygen atoms in total. The number of halogens is 4. The minimum atomic E-state index is -4.44.